The van der Waals surface area contributed by atoms with Gasteiger partial charge in [-0.25, -0.2) is 4.98 Å². The van der Waals surface area contributed by atoms with Crippen LogP contribution in [0.3, 0.4) is 0 Å². The zero-order valence-electron chi connectivity index (χ0n) is 17.4. The third-order valence-corrected chi connectivity index (χ3v) is 6.30. The molecule has 10 heteroatoms. The molecule has 0 radical (unpaired) electrons. The molecule has 6 rings (SSSR count). The molecule has 5 aromatic rings. The van der Waals surface area contributed by atoms with E-state index in [0.29, 0.717) is 17.4 Å². The van der Waals surface area contributed by atoms with Crippen molar-refractivity contribution in [3.8, 4) is 27.8 Å². The number of rotatable bonds is 6. The molecule has 33 heavy (non-hydrogen) atoms. The number of hydrogen-bond acceptors (Lipinski definition) is 7. The second kappa shape index (κ2) is 8.06. The maximum atomic E-state index is 12.9. The zero-order valence-corrected chi connectivity index (χ0v) is 18.2. The van der Waals surface area contributed by atoms with E-state index in [0.717, 1.165) is 40.6 Å². The van der Waals surface area contributed by atoms with E-state index in [1.807, 2.05) is 46.5 Å². The Morgan fingerprint density at radius 1 is 1.03 bits per heavy atom. The van der Waals surface area contributed by atoms with Gasteiger partial charge in [-0.2, -0.15) is 0 Å². The van der Waals surface area contributed by atoms with Crippen molar-refractivity contribution < 1.29 is 4.79 Å². The second-order valence-electron chi connectivity index (χ2n) is 7.73. The van der Waals surface area contributed by atoms with Crippen LogP contribution in [0.15, 0.2) is 73.0 Å². The van der Waals surface area contributed by atoms with Gasteiger partial charge in [0.05, 0.1) is 28.3 Å². The van der Waals surface area contributed by atoms with E-state index in [9.17, 15) is 4.79 Å². The molecule has 0 unspecified atom stereocenters. The van der Waals surface area contributed by atoms with Crippen LogP contribution < -0.4 is 5.32 Å². The minimum atomic E-state index is -0.282. The lowest BCUT2D eigenvalue weighted by atomic mass is 10.2. The number of imidazole rings is 1. The summed E-state index contributed by atoms with van der Waals surface area (Å²) in [5.41, 5.74) is 3.35. The largest absolute Gasteiger partial charge is 0.320 e. The fourth-order valence-electron chi connectivity index (χ4n) is 3.57. The van der Waals surface area contributed by atoms with Gasteiger partial charge < -0.3 is 14.5 Å². The van der Waals surface area contributed by atoms with E-state index >= 15 is 0 Å². The fourth-order valence-corrected chi connectivity index (χ4v) is 4.40. The summed E-state index contributed by atoms with van der Waals surface area (Å²) in [6, 6.07) is 11.7. The number of carbonyl (C=O) groups is 1. The van der Waals surface area contributed by atoms with Gasteiger partial charge in [0.2, 0.25) is 0 Å². The second-order valence-corrected chi connectivity index (χ2v) is 8.64. The SMILES string of the molecule is O=C(Nc1csc(-c2nncn2C2CC2)c1)c1cc(-n2cnc(-c3ccccn3)c2)ccn1. The van der Waals surface area contributed by atoms with Crippen molar-refractivity contribution in [3.05, 3.63) is 78.7 Å². The van der Waals surface area contributed by atoms with Crippen molar-refractivity contribution in [3.63, 3.8) is 0 Å². The lowest BCUT2D eigenvalue weighted by Gasteiger charge is -2.06. The monoisotopic (exact) mass is 454 g/mol. The Balaban J connectivity index is 1.20. The summed E-state index contributed by atoms with van der Waals surface area (Å²) < 4.78 is 3.95. The lowest BCUT2D eigenvalue weighted by molar-refractivity contribution is 0.102. The van der Waals surface area contributed by atoms with Crippen LogP contribution in [0, 0.1) is 0 Å². The van der Waals surface area contributed by atoms with Crippen LogP contribution in [0.4, 0.5) is 5.69 Å². The van der Waals surface area contributed by atoms with Crippen molar-refractivity contribution >= 4 is 22.9 Å². The highest BCUT2D eigenvalue weighted by Gasteiger charge is 2.27. The third kappa shape index (κ3) is 3.92. The van der Waals surface area contributed by atoms with E-state index in [-0.39, 0.29) is 5.91 Å². The van der Waals surface area contributed by atoms with Gasteiger partial charge in [-0.05, 0) is 43.2 Å². The zero-order chi connectivity index (χ0) is 22.2. The molecule has 9 nitrogen and oxygen atoms in total. The fraction of sp³-hybridized carbons (Fsp3) is 0.130. The third-order valence-electron chi connectivity index (χ3n) is 5.38. The summed E-state index contributed by atoms with van der Waals surface area (Å²) in [7, 11) is 0. The van der Waals surface area contributed by atoms with Crippen LogP contribution in [0.25, 0.3) is 27.8 Å². The quantitative estimate of drug-likeness (QED) is 0.412. The first-order valence-corrected chi connectivity index (χ1v) is 11.3. The lowest BCUT2D eigenvalue weighted by Crippen LogP contribution is -2.13. The van der Waals surface area contributed by atoms with Gasteiger partial charge in [0.1, 0.15) is 17.7 Å². The Bertz CT molecular complexity index is 1430. The first kappa shape index (κ1) is 19.5. The molecule has 1 aliphatic rings. The van der Waals surface area contributed by atoms with E-state index in [1.165, 1.54) is 11.3 Å². The van der Waals surface area contributed by atoms with Crippen LogP contribution in [0.5, 0.6) is 0 Å². The van der Waals surface area contributed by atoms with Crippen molar-refractivity contribution in [2.75, 3.05) is 5.32 Å². The van der Waals surface area contributed by atoms with Gasteiger partial charge in [-0.3, -0.25) is 14.8 Å². The molecule has 0 saturated heterocycles. The number of thiophene rings is 1. The maximum Gasteiger partial charge on any atom is 0.274 e. The van der Waals surface area contributed by atoms with Gasteiger partial charge >= 0.3 is 0 Å². The Labute approximate surface area is 192 Å². The smallest absolute Gasteiger partial charge is 0.274 e. The number of carbonyl (C=O) groups excluding carboxylic acids is 1. The average molecular weight is 455 g/mol. The van der Waals surface area contributed by atoms with E-state index < -0.39 is 0 Å². The summed E-state index contributed by atoms with van der Waals surface area (Å²) in [5.74, 6) is 0.557. The Kier molecular flexibility index (Phi) is 4.76. The average Bonchev–Trinajstić information content (AvgIpc) is 3.23. The van der Waals surface area contributed by atoms with Crippen molar-refractivity contribution in [1.29, 1.82) is 0 Å². The molecule has 162 valence electrons. The number of amides is 1. The standard InChI is InChI=1S/C23H18N8OS/c32-23(28-15-9-21(33-12-15)22-29-27-14-31(22)16-4-5-16)19-10-17(6-8-25-19)30-11-20(26-13-30)18-3-1-2-7-24-18/h1-3,6-14,16H,4-5H2,(H,28,32). The van der Waals surface area contributed by atoms with Crippen molar-refractivity contribution in [2.45, 2.75) is 18.9 Å². The van der Waals surface area contributed by atoms with E-state index in [1.54, 1.807) is 31.1 Å². The summed E-state index contributed by atoms with van der Waals surface area (Å²) in [6.07, 6.45) is 11.0. The maximum absolute atomic E-state index is 12.9. The van der Waals surface area contributed by atoms with Crippen molar-refractivity contribution in [1.82, 2.24) is 34.3 Å². The molecule has 1 amide bonds. The highest BCUT2D eigenvalue weighted by Crippen LogP contribution is 2.39. The first-order valence-electron chi connectivity index (χ1n) is 10.5. The number of nitrogens with zero attached hydrogens (tertiary/aromatic N) is 7. The number of hydrogen-bond donors (Lipinski definition) is 1. The molecule has 0 aromatic carbocycles. The molecule has 1 N–H and O–H groups in total. The number of anilines is 1. The minimum Gasteiger partial charge on any atom is -0.320 e. The highest BCUT2D eigenvalue weighted by molar-refractivity contribution is 7.14. The summed E-state index contributed by atoms with van der Waals surface area (Å²) in [4.78, 5) is 26.8. The molecule has 0 aliphatic heterocycles. The molecule has 1 saturated carbocycles. The Hall–Kier alpha value is -4.18. The van der Waals surface area contributed by atoms with E-state index in [2.05, 4.69) is 35.0 Å². The molecular weight excluding hydrogens is 436 g/mol. The Morgan fingerprint density at radius 2 is 1.97 bits per heavy atom. The number of pyridine rings is 2. The first-order chi connectivity index (χ1) is 16.2. The van der Waals surface area contributed by atoms with Gasteiger partial charge in [-0.15, -0.1) is 21.5 Å². The van der Waals surface area contributed by atoms with E-state index in [4.69, 9.17) is 0 Å². The highest BCUT2D eigenvalue weighted by atomic mass is 32.1. The summed E-state index contributed by atoms with van der Waals surface area (Å²) >= 11 is 1.53. The molecular formula is C23H18N8OS. The molecule has 1 aliphatic carbocycles. The number of nitrogens with one attached hydrogen (secondary N) is 1. The normalized spacial score (nSPS) is 13.2. The topological polar surface area (TPSA) is 103 Å². The van der Waals surface area contributed by atoms with Crippen LogP contribution in [0.1, 0.15) is 29.4 Å². The van der Waals surface area contributed by atoms with Gasteiger partial charge in [0.15, 0.2) is 5.82 Å². The molecule has 5 heterocycles. The molecule has 0 atom stereocenters. The predicted octanol–water partition coefficient (Wildman–Crippen LogP) is 4.24. The Morgan fingerprint density at radius 3 is 2.82 bits per heavy atom. The molecule has 5 aromatic heterocycles. The molecule has 0 bridgehead atoms. The van der Waals surface area contributed by atoms with Crippen LogP contribution in [-0.4, -0.2) is 40.2 Å². The molecule has 0 spiro atoms. The van der Waals surface area contributed by atoms with Crippen LogP contribution in [0.2, 0.25) is 0 Å². The van der Waals surface area contributed by atoms with Gasteiger partial charge in [0.25, 0.3) is 5.91 Å². The van der Waals surface area contributed by atoms with Crippen molar-refractivity contribution in [2.24, 2.45) is 0 Å². The minimum absolute atomic E-state index is 0.282. The van der Waals surface area contributed by atoms with Gasteiger partial charge in [-0.1, -0.05) is 6.07 Å². The molecule has 1 fully saturated rings. The summed E-state index contributed by atoms with van der Waals surface area (Å²) in [5, 5.41) is 13.1. The van der Waals surface area contributed by atoms with Gasteiger partial charge in [0, 0.05) is 30.0 Å². The predicted molar refractivity (Wildman–Crippen MR) is 124 cm³/mol. The van der Waals surface area contributed by atoms with Crippen LogP contribution in [-0.2, 0) is 0 Å². The summed E-state index contributed by atoms with van der Waals surface area (Å²) in [6.45, 7) is 0. The van der Waals surface area contributed by atoms with Crippen LogP contribution >= 0.6 is 11.3 Å². The number of aromatic nitrogens is 7.